The summed E-state index contributed by atoms with van der Waals surface area (Å²) in [4.78, 5) is 29.6. The van der Waals surface area contributed by atoms with E-state index in [9.17, 15) is 4.79 Å². The maximum atomic E-state index is 13.1. The molecule has 1 fully saturated rings. The fourth-order valence-corrected chi connectivity index (χ4v) is 3.97. The first-order valence-electron chi connectivity index (χ1n) is 10.2. The van der Waals surface area contributed by atoms with E-state index in [0.717, 1.165) is 46.1 Å². The third-order valence-electron chi connectivity index (χ3n) is 5.73. The topological polar surface area (TPSA) is 83.6 Å². The van der Waals surface area contributed by atoms with E-state index in [1.807, 2.05) is 44.2 Å². The number of aromatic nitrogens is 4. The minimum Gasteiger partial charge on any atom is -0.350 e. The molecule has 30 heavy (non-hydrogen) atoms. The molecule has 0 aliphatic heterocycles. The van der Waals surface area contributed by atoms with Gasteiger partial charge in [0.2, 0.25) is 0 Å². The van der Waals surface area contributed by atoms with Gasteiger partial charge in [0, 0.05) is 35.1 Å². The summed E-state index contributed by atoms with van der Waals surface area (Å²) < 4.78 is 0. The molecule has 3 heterocycles. The van der Waals surface area contributed by atoms with Crippen LogP contribution in [-0.2, 0) is 0 Å². The average Bonchev–Trinajstić information content (AvgIpc) is 3.50. The van der Waals surface area contributed by atoms with Gasteiger partial charge in [-0.1, -0.05) is 18.2 Å². The normalized spacial score (nSPS) is 14.6. The van der Waals surface area contributed by atoms with E-state index < -0.39 is 0 Å². The fourth-order valence-electron chi connectivity index (χ4n) is 3.97. The van der Waals surface area contributed by atoms with Gasteiger partial charge in [0.25, 0.3) is 5.91 Å². The molecule has 0 spiro atoms. The quantitative estimate of drug-likeness (QED) is 0.519. The maximum absolute atomic E-state index is 13.1. The number of aromatic amines is 1. The summed E-state index contributed by atoms with van der Waals surface area (Å²) in [6, 6.07) is 11.7. The molecule has 6 heteroatoms. The van der Waals surface area contributed by atoms with Crippen molar-refractivity contribution in [2.45, 2.75) is 32.7 Å². The lowest BCUT2D eigenvalue weighted by molar-refractivity contribution is 0.0926. The molecule has 1 saturated carbocycles. The number of pyridine rings is 1. The van der Waals surface area contributed by atoms with Gasteiger partial charge in [-0.3, -0.25) is 9.78 Å². The lowest BCUT2D eigenvalue weighted by Crippen LogP contribution is -2.31. The second-order valence-electron chi connectivity index (χ2n) is 8.01. The minimum atomic E-state index is -0.101. The van der Waals surface area contributed by atoms with E-state index in [-0.39, 0.29) is 11.9 Å². The standard InChI is InChI=1S/C24H23N5O/c1-14-5-3-6-17-12-19(28-20(14)17)24(30)29-22(16-7-8-16)21-15(2)11-18(13-27-21)23-25-9-4-10-26-23/h3-6,9-13,16,22,28H,7-8H2,1-2H3,(H,29,30). The van der Waals surface area contributed by atoms with E-state index in [1.165, 1.54) is 0 Å². The van der Waals surface area contributed by atoms with Gasteiger partial charge in [-0.15, -0.1) is 0 Å². The van der Waals surface area contributed by atoms with Crippen LogP contribution in [0.4, 0.5) is 0 Å². The zero-order chi connectivity index (χ0) is 20.7. The van der Waals surface area contributed by atoms with Crippen molar-refractivity contribution < 1.29 is 4.79 Å². The van der Waals surface area contributed by atoms with Crippen LogP contribution in [0.3, 0.4) is 0 Å². The number of nitrogens with zero attached hydrogens (tertiary/aromatic N) is 3. The third kappa shape index (κ3) is 3.45. The Hall–Kier alpha value is -3.54. The highest BCUT2D eigenvalue weighted by Crippen LogP contribution is 2.41. The van der Waals surface area contributed by atoms with Crippen LogP contribution < -0.4 is 5.32 Å². The lowest BCUT2D eigenvalue weighted by atomic mass is 10.0. The van der Waals surface area contributed by atoms with Crippen LogP contribution in [0.15, 0.2) is 55.0 Å². The molecule has 0 bridgehead atoms. The van der Waals surface area contributed by atoms with Crippen molar-refractivity contribution in [2.24, 2.45) is 5.92 Å². The first-order chi connectivity index (χ1) is 14.6. The van der Waals surface area contributed by atoms with Gasteiger partial charge in [0.05, 0.1) is 11.7 Å². The molecule has 0 radical (unpaired) electrons. The Kier molecular flexibility index (Phi) is 4.54. The Labute approximate surface area is 174 Å². The first kappa shape index (κ1) is 18.5. The largest absolute Gasteiger partial charge is 0.350 e. The highest BCUT2D eigenvalue weighted by Gasteiger charge is 2.35. The van der Waals surface area contributed by atoms with Crippen LogP contribution in [0.25, 0.3) is 22.3 Å². The molecule has 2 N–H and O–H groups in total. The molecule has 1 aromatic carbocycles. The molecular formula is C24H23N5O. The third-order valence-corrected chi connectivity index (χ3v) is 5.73. The number of amides is 1. The summed E-state index contributed by atoms with van der Waals surface area (Å²) in [5.74, 6) is 0.976. The number of carbonyl (C=O) groups is 1. The minimum absolute atomic E-state index is 0.0980. The molecule has 0 saturated heterocycles. The molecule has 150 valence electrons. The summed E-state index contributed by atoms with van der Waals surface area (Å²) in [6.45, 7) is 4.07. The molecule has 1 aliphatic carbocycles. The monoisotopic (exact) mass is 397 g/mol. The second kappa shape index (κ2) is 7.37. The molecule has 3 aromatic heterocycles. The van der Waals surface area contributed by atoms with E-state index in [1.54, 1.807) is 24.7 Å². The summed E-state index contributed by atoms with van der Waals surface area (Å²) in [5, 5.41) is 4.27. The van der Waals surface area contributed by atoms with Crippen molar-refractivity contribution in [3.8, 4) is 11.4 Å². The summed E-state index contributed by atoms with van der Waals surface area (Å²) in [5.41, 5.74) is 5.54. The Morgan fingerprint density at radius 2 is 1.87 bits per heavy atom. The van der Waals surface area contributed by atoms with E-state index in [2.05, 4.69) is 20.3 Å². The van der Waals surface area contributed by atoms with Gasteiger partial charge in [-0.05, 0) is 61.9 Å². The number of carbonyl (C=O) groups excluding carboxylic acids is 1. The Morgan fingerprint density at radius 1 is 1.07 bits per heavy atom. The van der Waals surface area contributed by atoms with E-state index in [0.29, 0.717) is 17.4 Å². The predicted octanol–water partition coefficient (Wildman–Crippen LogP) is 4.52. The summed E-state index contributed by atoms with van der Waals surface area (Å²) >= 11 is 0. The van der Waals surface area contributed by atoms with Crippen LogP contribution in [0, 0.1) is 19.8 Å². The van der Waals surface area contributed by atoms with Gasteiger partial charge in [0.1, 0.15) is 5.69 Å². The SMILES string of the molecule is Cc1cc(-c2ncccn2)cnc1C(NC(=O)c1cc2cccc(C)c2[nH]1)C1CC1. The van der Waals surface area contributed by atoms with Gasteiger partial charge < -0.3 is 10.3 Å². The maximum Gasteiger partial charge on any atom is 0.268 e. The van der Waals surface area contributed by atoms with E-state index >= 15 is 0 Å². The number of para-hydroxylation sites is 1. The Morgan fingerprint density at radius 3 is 2.57 bits per heavy atom. The zero-order valence-corrected chi connectivity index (χ0v) is 17.0. The summed E-state index contributed by atoms with van der Waals surface area (Å²) in [7, 11) is 0. The number of hydrogen-bond acceptors (Lipinski definition) is 4. The molecule has 1 aliphatic rings. The van der Waals surface area contributed by atoms with Crippen LogP contribution in [-0.4, -0.2) is 25.8 Å². The number of hydrogen-bond donors (Lipinski definition) is 2. The number of aryl methyl sites for hydroxylation is 2. The van der Waals surface area contributed by atoms with Crippen molar-refractivity contribution in [3.05, 3.63) is 77.5 Å². The number of benzene rings is 1. The molecule has 5 rings (SSSR count). The van der Waals surface area contributed by atoms with Crippen LogP contribution in [0.5, 0.6) is 0 Å². The molecule has 1 unspecified atom stereocenters. The summed E-state index contributed by atoms with van der Waals surface area (Å²) in [6.07, 6.45) is 7.44. The molecule has 1 amide bonds. The average molecular weight is 397 g/mol. The lowest BCUT2D eigenvalue weighted by Gasteiger charge is -2.20. The van der Waals surface area contributed by atoms with Gasteiger partial charge >= 0.3 is 0 Å². The van der Waals surface area contributed by atoms with Gasteiger partial charge in [-0.25, -0.2) is 9.97 Å². The highest BCUT2D eigenvalue weighted by atomic mass is 16.2. The molecule has 4 aromatic rings. The fraction of sp³-hybridized carbons (Fsp3) is 0.250. The van der Waals surface area contributed by atoms with Gasteiger partial charge in [-0.2, -0.15) is 0 Å². The molecule has 1 atom stereocenters. The van der Waals surface area contributed by atoms with Crippen LogP contribution in [0.1, 0.15) is 46.2 Å². The zero-order valence-electron chi connectivity index (χ0n) is 17.0. The first-order valence-corrected chi connectivity index (χ1v) is 10.2. The van der Waals surface area contributed by atoms with Crippen molar-refractivity contribution in [1.29, 1.82) is 0 Å². The second-order valence-corrected chi connectivity index (χ2v) is 8.01. The number of fused-ring (bicyclic) bond motifs is 1. The number of rotatable bonds is 5. The predicted molar refractivity (Wildman–Crippen MR) is 116 cm³/mol. The van der Waals surface area contributed by atoms with Crippen molar-refractivity contribution in [1.82, 2.24) is 25.3 Å². The van der Waals surface area contributed by atoms with Crippen LogP contribution in [0.2, 0.25) is 0 Å². The molecular weight excluding hydrogens is 374 g/mol. The number of H-pyrrole nitrogens is 1. The highest BCUT2D eigenvalue weighted by molar-refractivity contribution is 5.98. The molecule has 6 nitrogen and oxygen atoms in total. The van der Waals surface area contributed by atoms with Gasteiger partial charge in [0.15, 0.2) is 5.82 Å². The van der Waals surface area contributed by atoms with Crippen molar-refractivity contribution in [3.63, 3.8) is 0 Å². The van der Waals surface area contributed by atoms with Crippen LogP contribution >= 0.6 is 0 Å². The Balaban J connectivity index is 1.43. The van der Waals surface area contributed by atoms with E-state index in [4.69, 9.17) is 4.98 Å². The van der Waals surface area contributed by atoms with Crippen molar-refractivity contribution in [2.75, 3.05) is 0 Å². The van der Waals surface area contributed by atoms with Crippen molar-refractivity contribution >= 4 is 16.8 Å². The smallest absolute Gasteiger partial charge is 0.268 e. The number of nitrogens with one attached hydrogen (secondary N) is 2. The Bertz CT molecular complexity index is 1230.